The second kappa shape index (κ2) is 5.65. The van der Waals surface area contributed by atoms with Gasteiger partial charge in [0.1, 0.15) is 5.82 Å². The SMILES string of the molecule is NC(Cc1cc(Cl)ccc1Cl)c1ccncc1F. The molecule has 2 rings (SSSR count). The van der Waals surface area contributed by atoms with E-state index < -0.39 is 11.9 Å². The molecule has 0 amide bonds. The van der Waals surface area contributed by atoms with Crippen LogP contribution in [0.25, 0.3) is 0 Å². The van der Waals surface area contributed by atoms with E-state index in [0.29, 0.717) is 22.0 Å². The number of pyridine rings is 1. The summed E-state index contributed by atoms with van der Waals surface area (Å²) in [6, 6.07) is 6.23. The summed E-state index contributed by atoms with van der Waals surface area (Å²) in [5.74, 6) is -0.414. The lowest BCUT2D eigenvalue weighted by molar-refractivity contribution is 0.574. The van der Waals surface area contributed by atoms with Crippen LogP contribution in [0.15, 0.2) is 36.7 Å². The molecule has 0 saturated carbocycles. The van der Waals surface area contributed by atoms with E-state index in [0.717, 1.165) is 11.8 Å². The summed E-state index contributed by atoms with van der Waals surface area (Å²) in [4.78, 5) is 3.69. The van der Waals surface area contributed by atoms with E-state index in [2.05, 4.69) is 4.98 Å². The van der Waals surface area contributed by atoms with Crippen LogP contribution < -0.4 is 5.73 Å². The monoisotopic (exact) mass is 284 g/mol. The van der Waals surface area contributed by atoms with Crippen molar-refractivity contribution in [3.63, 3.8) is 0 Å². The summed E-state index contributed by atoms with van der Waals surface area (Å²) < 4.78 is 13.5. The summed E-state index contributed by atoms with van der Waals surface area (Å²) >= 11 is 11.9. The number of hydrogen-bond acceptors (Lipinski definition) is 2. The molecule has 0 aliphatic heterocycles. The van der Waals surface area contributed by atoms with Gasteiger partial charge in [0.05, 0.1) is 6.20 Å². The molecular weight excluding hydrogens is 274 g/mol. The Morgan fingerprint density at radius 1 is 1.28 bits per heavy atom. The Morgan fingerprint density at radius 2 is 2.06 bits per heavy atom. The Bertz CT molecular complexity index is 560. The third kappa shape index (κ3) is 2.99. The average molecular weight is 285 g/mol. The van der Waals surface area contributed by atoms with Crippen LogP contribution in [-0.4, -0.2) is 4.98 Å². The van der Waals surface area contributed by atoms with Crippen molar-refractivity contribution in [1.82, 2.24) is 4.98 Å². The summed E-state index contributed by atoms with van der Waals surface area (Å²) in [7, 11) is 0. The van der Waals surface area contributed by atoms with Crippen LogP contribution >= 0.6 is 23.2 Å². The highest BCUT2D eigenvalue weighted by molar-refractivity contribution is 6.33. The summed E-state index contributed by atoms with van der Waals surface area (Å²) in [6.45, 7) is 0. The molecule has 0 fully saturated rings. The van der Waals surface area contributed by atoms with Crippen molar-refractivity contribution in [2.24, 2.45) is 5.73 Å². The van der Waals surface area contributed by atoms with Gasteiger partial charge in [-0.3, -0.25) is 4.98 Å². The third-order valence-electron chi connectivity index (χ3n) is 2.65. The lowest BCUT2D eigenvalue weighted by Gasteiger charge is -2.14. The normalized spacial score (nSPS) is 12.4. The molecule has 0 aliphatic carbocycles. The molecule has 94 valence electrons. The van der Waals surface area contributed by atoms with E-state index in [9.17, 15) is 4.39 Å². The number of aromatic nitrogens is 1. The average Bonchev–Trinajstić information content (AvgIpc) is 2.34. The molecule has 1 aromatic carbocycles. The van der Waals surface area contributed by atoms with Crippen molar-refractivity contribution in [2.45, 2.75) is 12.5 Å². The maximum Gasteiger partial charge on any atom is 0.146 e. The fourth-order valence-electron chi connectivity index (χ4n) is 1.73. The summed E-state index contributed by atoms with van der Waals surface area (Å²) in [5.41, 5.74) is 7.19. The molecule has 2 nitrogen and oxygen atoms in total. The van der Waals surface area contributed by atoms with E-state index in [4.69, 9.17) is 28.9 Å². The Labute approximate surface area is 115 Å². The second-order valence-electron chi connectivity index (χ2n) is 3.94. The molecule has 0 aliphatic rings. The Morgan fingerprint density at radius 3 is 2.78 bits per heavy atom. The minimum absolute atomic E-state index is 0.414. The van der Waals surface area contributed by atoms with Crippen molar-refractivity contribution in [2.75, 3.05) is 0 Å². The van der Waals surface area contributed by atoms with Gasteiger partial charge in [-0.2, -0.15) is 0 Å². The topological polar surface area (TPSA) is 38.9 Å². The molecule has 0 spiro atoms. The highest BCUT2D eigenvalue weighted by atomic mass is 35.5. The smallest absolute Gasteiger partial charge is 0.146 e. The molecule has 2 N–H and O–H groups in total. The zero-order valence-corrected chi connectivity index (χ0v) is 10.9. The number of nitrogens with zero attached hydrogens (tertiary/aromatic N) is 1. The first-order valence-corrected chi connectivity index (χ1v) is 6.12. The molecule has 1 unspecified atom stereocenters. The standard InChI is InChI=1S/C13H11Cl2FN2/c14-9-1-2-11(15)8(5-9)6-13(17)10-3-4-18-7-12(10)16/h1-5,7,13H,6,17H2. The predicted octanol–water partition coefficient (Wildman–Crippen LogP) is 3.77. The molecule has 1 heterocycles. The lowest BCUT2D eigenvalue weighted by Crippen LogP contribution is -2.15. The number of nitrogens with two attached hydrogens (primary N) is 1. The second-order valence-corrected chi connectivity index (χ2v) is 4.79. The molecule has 18 heavy (non-hydrogen) atoms. The quantitative estimate of drug-likeness (QED) is 0.932. The van der Waals surface area contributed by atoms with Gasteiger partial charge in [0.25, 0.3) is 0 Å². The predicted molar refractivity (Wildman–Crippen MR) is 71.3 cm³/mol. The van der Waals surface area contributed by atoms with E-state index in [1.54, 1.807) is 24.3 Å². The number of rotatable bonds is 3. The van der Waals surface area contributed by atoms with Gasteiger partial charge in [-0.25, -0.2) is 4.39 Å². The van der Waals surface area contributed by atoms with Gasteiger partial charge in [-0.15, -0.1) is 0 Å². The van der Waals surface area contributed by atoms with Crippen molar-refractivity contribution < 1.29 is 4.39 Å². The first kappa shape index (κ1) is 13.3. The third-order valence-corrected chi connectivity index (χ3v) is 3.25. The van der Waals surface area contributed by atoms with Crippen molar-refractivity contribution >= 4 is 23.2 Å². The van der Waals surface area contributed by atoms with Crippen LogP contribution in [0.4, 0.5) is 4.39 Å². The Kier molecular flexibility index (Phi) is 4.17. The number of hydrogen-bond donors (Lipinski definition) is 1. The van der Waals surface area contributed by atoms with Gasteiger partial charge < -0.3 is 5.73 Å². The van der Waals surface area contributed by atoms with Crippen LogP contribution in [0.2, 0.25) is 10.0 Å². The summed E-state index contributed by atoms with van der Waals surface area (Å²) in [6.07, 6.45) is 3.08. The maximum absolute atomic E-state index is 13.5. The molecule has 1 aromatic heterocycles. The largest absolute Gasteiger partial charge is 0.324 e. The molecule has 0 radical (unpaired) electrons. The van der Waals surface area contributed by atoms with Gasteiger partial charge in [0.15, 0.2) is 0 Å². The van der Waals surface area contributed by atoms with E-state index in [-0.39, 0.29) is 0 Å². The fraction of sp³-hybridized carbons (Fsp3) is 0.154. The zero-order chi connectivity index (χ0) is 13.1. The minimum atomic E-state index is -0.482. The lowest BCUT2D eigenvalue weighted by atomic mass is 10.0. The number of halogens is 3. The van der Waals surface area contributed by atoms with Gasteiger partial charge >= 0.3 is 0 Å². The molecule has 5 heteroatoms. The highest BCUT2D eigenvalue weighted by Crippen LogP contribution is 2.25. The molecule has 0 bridgehead atoms. The van der Waals surface area contributed by atoms with Gasteiger partial charge in [-0.05, 0) is 36.2 Å². The Hall–Kier alpha value is -1.16. The van der Waals surface area contributed by atoms with Gasteiger partial charge in [0, 0.05) is 27.8 Å². The van der Waals surface area contributed by atoms with Crippen molar-refractivity contribution in [1.29, 1.82) is 0 Å². The maximum atomic E-state index is 13.5. The minimum Gasteiger partial charge on any atom is -0.324 e. The summed E-state index contributed by atoms with van der Waals surface area (Å²) in [5, 5.41) is 1.15. The molecule has 1 atom stereocenters. The fourth-order valence-corrected chi connectivity index (χ4v) is 2.12. The van der Waals surface area contributed by atoms with Gasteiger partial charge in [-0.1, -0.05) is 23.2 Å². The molecule has 2 aromatic rings. The molecular formula is C13H11Cl2FN2. The van der Waals surface area contributed by atoms with Crippen LogP contribution in [0.3, 0.4) is 0 Å². The van der Waals surface area contributed by atoms with Crippen LogP contribution in [0.5, 0.6) is 0 Å². The highest BCUT2D eigenvalue weighted by Gasteiger charge is 2.13. The first-order chi connectivity index (χ1) is 8.58. The van der Waals surface area contributed by atoms with Crippen LogP contribution in [0, 0.1) is 5.82 Å². The van der Waals surface area contributed by atoms with Crippen molar-refractivity contribution in [3.05, 3.63) is 63.6 Å². The van der Waals surface area contributed by atoms with Crippen molar-refractivity contribution in [3.8, 4) is 0 Å². The van der Waals surface area contributed by atoms with Gasteiger partial charge in [0.2, 0.25) is 0 Å². The molecule has 0 saturated heterocycles. The number of benzene rings is 1. The Balaban J connectivity index is 2.24. The van der Waals surface area contributed by atoms with E-state index in [1.165, 1.54) is 6.20 Å². The first-order valence-electron chi connectivity index (χ1n) is 5.37. The van der Waals surface area contributed by atoms with E-state index >= 15 is 0 Å². The van der Waals surface area contributed by atoms with E-state index in [1.807, 2.05) is 0 Å². The van der Waals surface area contributed by atoms with Crippen LogP contribution in [-0.2, 0) is 6.42 Å². The zero-order valence-electron chi connectivity index (χ0n) is 9.41. The van der Waals surface area contributed by atoms with Crippen LogP contribution in [0.1, 0.15) is 17.2 Å².